The highest BCUT2D eigenvalue weighted by Crippen LogP contribution is 2.00. The Bertz CT molecular complexity index is 385. The van der Waals surface area contributed by atoms with Gasteiger partial charge in [0.1, 0.15) is 5.69 Å². The van der Waals surface area contributed by atoms with Crippen LogP contribution in [0.5, 0.6) is 0 Å². The number of rotatable bonds is 5. The van der Waals surface area contributed by atoms with Crippen LogP contribution in [0.25, 0.3) is 0 Å². The summed E-state index contributed by atoms with van der Waals surface area (Å²) in [6.07, 6.45) is 0.855. The zero-order chi connectivity index (χ0) is 12.8. The number of carbonyl (C=O) groups is 1. The Kier molecular flexibility index (Phi) is 4.72. The van der Waals surface area contributed by atoms with E-state index in [1.54, 1.807) is 6.07 Å². The van der Waals surface area contributed by atoms with Crippen LogP contribution in [0, 0.1) is 0 Å². The molecule has 18 heavy (non-hydrogen) atoms. The van der Waals surface area contributed by atoms with Crippen molar-refractivity contribution >= 4 is 5.91 Å². The zero-order valence-electron chi connectivity index (χ0n) is 10.7. The molecule has 6 heteroatoms. The fraction of sp³-hybridized carbons (Fsp3) is 0.667. The predicted molar refractivity (Wildman–Crippen MR) is 67.6 cm³/mol. The molecule has 1 aromatic heterocycles. The highest BCUT2D eigenvalue weighted by molar-refractivity contribution is 5.92. The first-order valence-electron chi connectivity index (χ1n) is 6.42. The van der Waals surface area contributed by atoms with Crippen molar-refractivity contribution in [2.75, 3.05) is 39.4 Å². The molecule has 2 rings (SSSR count). The van der Waals surface area contributed by atoms with Crippen molar-refractivity contribution in [3.8, 4) is 0 Å². The molecular weight excluding hydrogens is 232 g/mol. The number of aromatic amines is 1. The molecule has 0 atom stereocenters. The van der Waals surface area contributed by atoms with Gasteiger partial charge < -0.3 is 10.1 Å². The molecule has 0 aromatic carbocycles. The Labute approximate surface area is 107 Å². The Morgan fingerprint density at radius 1 is 1.56 bits per heavy atom. The summed E-state index contributed by atoms with van der Waals surface area (Å²) in [7, 11) is 0. The van der Waals surface area contributed by atoms with Gasteiger partial charge in [-0.15, -0.1) is 0 Å². The standard InChI is InChI=1S/C12H20N4O2/c1-2-10-9-11(15-14-10)12(17)13-3-4-16-5-7-18-8-6-16/h9H,2-8H2,1H3,(H,13,17)(H,14,15). The quantitative estimate of drug-likeness (QED) is 0.776. The van der Waals surface area contributed by atoms with Crippen LogP contribution in [0.2, 0.25) is 0 Å². The lowest BCUT2D eigenvalue weighted by Crippen LogP contribution is -2.41. The van der Waals surface area contributed by atoms with Gasteiger partial charge in [-0.05, 0) is 12.5 Å². The molecule has 100 valence electrons. The largest absolute Gasteiger partial charge is 0.379 e. The number of aryl methyl sites for hydroxylation is 1. The van der Waals surface area contributed by atoms with E-state index in [9.17, 15) is 4.79 Å². The topological polar surface area (TPSA) is 70.2 Å². The van der Waals surface area contributed by atoms with Crippen LogP contribution in [0.15, 0.2) is 6.07 Å². The summed E-state index contributed by atoms with van der Waals surface area (Å²) in [4.78, 5) is 14.1. The molecule has 0 saturated carbocycles. The predicted octanol–water partition coefficient (Wildman–Crippen LogP) is 0.0341. The fourth-order valence-electron chi connectivity index (χ4n) is 1.90. The Morgan fingerprint density at radius 3 is 3.00 bits per heavy atom. The Balaban J connectivity index is 1.70. The maximum absolute atomic E-state index is 11.8. The smallest absolute Gasteiger partial charge is 0.271 e. The summed E-state index contributed by atoms with van der Waals surface area (Å²) in [6, 6.07) is 1.80. The first-order valence-corrected chi connectivity index (χ1v) is 6.42. The van der Waals surface area contributed by atoms with E-state index in [1.165, 1.54) is 0 Å². The minimum atomic E-state index is -0.112. The van der Waals surface area contributed by atoms with Crippen LogP contribution in [0.4, 0.5) is 0 Å². The van der Waals surface area contributed by atoms with Crippen molar-refractivity contribution in [2.45, 2.75) is 13.3 Å². The maximum atomic E-state index is 11.8. The van der Waals surface area contributed by atoms with Gasteiger partial charge >= 0.3 is 0 Å². The number of amides is 1. The molecule has 0 unspecified atom stereocenters. The lowest BCUT2D eigenvalue weighted by Gasteiger charge is -2.26. The lowest BCUT2D eigenvalue weighted by molar-refractivity contribution is 0.0383. The number of hydrogen-bond donors (Lipinski definition) is 2. The molecule has 1 fully saturated rings. The van der Waals surface area contributed by atoms with E-state index >= 15 is 0 Å². The van der Waals surface area contributed by atoms with Crippen LogP contribution in [-0.2, 0) is 11.2 Å². The van der Waals surface area contributed by atoms with Gasteiger partial charge in [0.05, 0.1) is 13.2 Å². The summed E-state index contributed by atoms with van der Waals surface area (Å²) in [5, 5.41) is 9.70. The van der Waals surface area contributed by atoms with E-state index < -0.39 is 0 Å². The lowest BCUT2D eigenvalue weighted by atomic mass is 10.3. The number of nitrogens with zero attached hydrogens (tertiary/aromatic N) is 2. The van der Waals surface area contributed by atoms with Crippen LogP contribution in [-0.4, -0.2) is 60.4 Å². The third-order valence-corrected chi connectivity index (χ3v) is 3.06. The normalized spacial score (nSPS) is 16.7. The van der Waals surface area contributed by atoms with Gasteiger partial charge in [0, 0.05) is 31.9 Å². The van der Waals surface area contributed by atoms with E-state index in [0.717, 1.165) is 45.0 Å². The second kappa shape index (κ2) is 6.51. The summed E-state index contributed by atoms with van der Waals surface area (Å²) >= 11 is 0. The van der Waals surface area contributed by atoms with E-state index in [1.807, 2.05) is 6.92 Å². The number of nitrogens with one attached hydrogen (secondary N) is 2. The zero-order valence-corrected chi connectivity index (χ0v) is 10.7. The van der Waals surface area contributed by atoms with Crippen molar-refractivity contribution in [1.82, 2.24) is 20.4 Å². The highest BCUT2D eigenvalue weighted by Gasteiger charge is 2.12. The van der Waals surface area contributed by atoms with Crippen molar-refractivity contribution < 1.29 is 9.53 Å². The molecule has 0 radical (unpaired) electrons. The molecule has 1 aliphatic heterocycles. The first-order chi connectivity index (χ1) is 8.79. The minimum Gasteiger partial charge on any atom is -0.379 e. The van der Waals surface area contributed by atoms with Crippen molar-refractivity contribution in [1.29, 1.82) is 0 Å². The average molecular weight is 252 g/mol. The number of hydrogen-bond acceptors (Lipinski definition) is 4. The molecule has 0 aliphatic carbocycles. The molecule has 2 N–H and O–H groups in total. The van der Waals surface area contributed by atoms with Crippen molar-refractivity contribution in [3.05, 3.63) is 17.5 Å². The third-order valence-electron chi connectivity index (χ3n) is 3.06. The van der Waals surface area contributed by atoms with Crippen molar-refractivity contribution in [3.63, 3.8) is 0 Å². The fourth-order valence-corrected chi connectivity index (χ4v) is 1.90. The molecule has 6 nitrogen and oxygen atoms in total. The summed E-state index contributed by atoms with van der Waals surface area (Å²) in [5.74, 6) is -0.112. The van der Waals surface area contributed by atoms with E-state index in [2.05, 4.69) is 20.4 Å². The number of carbonyl (C=O) groups excluding carboxylic acids is 1. The van der Waals surface area contributed by atoms with Gasteiger partial charge in [-0.25, -0.2) is 0 Å². The van der Waals surface area contributed by atoms with Gasteiger partial charge in [-0.2, -0.15) is 5.10 Å². The average Bonchev–Trinajstić information content (AvgIpc) is 2.89. The van der Waals surface area contributed by atoms with Crippen LogP contribution in [0.3, 0.4) is 0 Å². The molecule has 1 amide bonds. The number of aromatic nitrogens is 2. The van der Waals surface area contributed by atoms with Crippen LogP contribution < -0.4 is 5.32 Å². The van der Waals surface area contributed by atoms with E-state index in [4.69, 9.17) is 4.74 Å². The van der Waals surface area contributed by atoms with Crippen molar-refractivity contribution in [2.24, 2.45) is 0 Å². The van der Waals surface area contributed by atoms with Crippen LogP contribution >= 0.6 is 0 Å². The molecule has 0 spiro atoms. The molecule has 1 aliphatic rings. The number of morpholine rings is 1. The second-order valence-electron chi connectivity index (χ2n) is 4.34. The molecule has 0 bridgehead atoms. The molecular formula is C12H20N4O2. The second-order valence-corrected chi connectivity index (χ2v) is 4.34. The number of H-pyrrole nitrogens is 1. The van der Waals surface area contributed by atoms with E-state index in [0.29, 0.717) is 12.2 Å². The highest BCUT2D eigenvalue weighted by atomic mass is 16.5. The number of ether oxygens (including phenoxy) is 1. The van der Waals surface area contributed by atoms with Gasteiger partial charge in [-0.1, -0.05) is 6.92 Å². The summed E-state index contributed by atoms with van der Waals surface area (Å²) < 4.78 is 5.27. The SMILES string of the molecule is CCc1cc(C(=O)NCCN2CCOCC2)n[nH]1. The van der Waals surface area contributed by atoms with E-state index in [-0.39, 0.29) is 5.91 Å². The Hall–Kier alpha value is -1.40. The Morgan fingerprint density at radius 2 is 2.33 bits per heavy atom. The minimum absolute atomic E-state index is 0.112. The molecule has 1 saturated heterocycles. The van der Waals surface area contributed by atoms with Crippen LogP contribution in [0.1, 0.15) is 23.1 Å². The van der Waals surface area contributed by atoms with Gasteiger partial charge in [0.2, 0.25) is 0 Å². The van der Waals surface area contributed by atoms with Gasteiger partial charge in [-0.3, -0.25) is 14.8 Å². The van der Waals surface area contributed by atoms with Gasteiger partial charge in [0.25, 0.3) is 5.91 Å². The first kappa shape index (κ1) is 13.0. The van der Waals surface area contributed by atoms with Gasteiger partial charge in [0.15, 0.2) is 0 Å². The summed E-state index contributed by atoms with van der Waals surface area (Å²) in [5.41, 5.74) is 1.45. The summed E-state index contributed by atoms with van der Waals surface area (Å²) in [6.45, 7) is 6.98. The molecule has 2 heterocycles. The monoisotopic (exact) mass is 252 g/mol. The molecule has 1 aromatic rings. The maximum Gasteiger partial charge on any atom is 0.271 e. The third kappa shape index (κ3) is 3.54.